The summed E-state index contributed by atoms with van der Waals surface area (Å²) in [6, 6.07) is 19.1. The zero-order valence-electron chi connectivity index (χ0n) is 20.2. The van der Waals surface area contributed by atoms with Crippen molar-refractivity contribution < 1.29 is 14.4 Å². The maximum Gasteiger partial charge on any atom is 0.269 e. The van der Waals surface area contributed by atoms with Crippen molar-refractivity contribution in [3.05, 3.63) is 88.5 Å². The summed E-state index contributed by atoms with van der Waals surface area (Å²) in [6.07, 6.45) is 0. The van der Waals surface area contributed by atoms with Gasteiger partial charge in [-0.05, 0) is 62.6 Å². The molecule has 178 valence electrons. The van der Waals surface area contributed by atoms with Gasteiger partial charge in [0.2, 0.25) is 16.7 Å². The molecule has 1 atom stereocenters. The molecule has 2 aliphatic rings. The first-order valence-electron chi connectivity index (χ1n) is 11.5. The van der Waals surface area contributed by atoms with Crippen LogP contribution in [0.15, 0.2) is 60.7 Å². The largest absolute Gasteiger partial charge is 0.324 e. The van der Waals surface area contributed by atoms with E-state index < -0.39 is 4.87 Å². The number of hydrogen-bond acceptors (Lipinski definition) is 4. The molecular formula is C28H27N3O3S. The summed E-state index contributed by atoms with van der Waals surface area (Å²) in [6.45, 7) is 7.76. The van der Waals surface area contributed by atoms with Crippen LogP contribution in [0.4, 0.5) is 17.1 Å². The highest BCUT2D eigenvalue weighted by Crippen LogP contribution is 2.55. The van der Waals surface area contributed by atoms with Gasteiger partial charge in [0, 0.05) is 16.9 Å². The van der Waals surface area contributed by atoms with Gasteiger partial charge in [0.1, 0.15) is 6.54 Å². The molecule has 5 rings (SSSR count). The summed E-state index contributed by atoms with van der Waals surface area (Å²) in [5.74, 6) is -0.489. The van der Waals surface area contributed by atoms with Crippen LogP contribution in [-0.4, -0.2) is 30.0 Å². The smallest absolute Gasteiger partial charge is 0.269 e. The van der Waals surface area contributed by atoms with Crippen LogP contribution in [0, 0.1) is 27.7 Å². The van der Waals surface area contributed by atoms with Crippen molar-refractivity contribution in [3.63, 3.8) is 0 Å². The van der Waals surface area contributed by atoms with Gasteiger partial charge in [-0.15, -0.1) is 11.8 Å². The Morgan fingerprint density at radius 2 is 1.66 bits per heavy atom. The number of amides is 3. The SMILES string of the molecule is Cc1cccc(N2C(=O)CS[C@]23C(=O)N(CC(=O)Nc2c(C)cc(C)cc2C)c2ccccc23)c1. The summed E-state index contributed by atoms with van der Waals surface area (Å²) in [5, 5.41) is 3.00. The number of carbonyl (C=O) groups is 3. The zero-order valence-corrected chi connectivity index (χ0v) is 21.0. The number of anilines is 3. The molecule has 1 fully saturated rings. The summed E-state index contributed by atoms with van der Waals surface area (Å²) in [7, 11) is 0. The Hall–Kier alpha value is -3.58. The number of para-hydroxylation sites is 1. The number of benzene rings is 3. The quantitative estimate of drug-likeness (QED) is 0.574. The van der Waals surface area contributed by atoms with Crippen LogP contribution in [0.3, 0.4) is 0 Å². The van der Waals surface area contributed by atoms with Crippen molar-refractivity contribution in [1.29, 1.82) is 0 Å². The van der Waals surface area contributed by atoms with Crippen molar-refractivity contribution >= 4 is 46.5 Å². The second-order valence-electron chi connectivity index (χ2n) is 9.23. The average Bonchev–Trinajstić information content (AvgIpc) is 3.27. The first kappa shape index (κ1) is 23.2. The van der Waals surface area contributed by atoms with Gasteiger partial charge in [-0.3, -0.25) is 24.2 Å². The number of fused-ring (bicyclic) bond motifs is 2. The molecule has 3 aromatic rings. The van der Waals surface area contributed by atoms with E-state index in [4.69, 9.17) is 0 Å². The van der Waals surface area contributed by atoms with Crippen LogP contribution < -0.4 is 15.1 Å². The second-order valence-corrected chi connectivity index (χ2v) is 10.4. The molecule has 0 radical (unpaired) electrons. The molecule has 7 heteroatoms. The molecule has 0 unspecified atom stereocenters. The normalized spacial score (nSPS) is 19.0. The molecule has 2 aliphatic heterocycles. The summed E-state index contributed by atoms with van der Waals surface area (Å²) in [5.41, 5.74) is 6.92. The lowest BCUT2D eigenvalue weighted by Gasteiger charge is -2.33. The number of nitrogens with one attached hydrogen (secondary N) is 1. The Bertz CT molecular complexity index is 1360. The Balaban J connectivity index is 1.52. The lowest BCUT2D eigenvalue weighted by Crippen LogP contribution is -2.50. The van der Waals surface area contributed by atoms with Gasteiger partial charge in [0.15, 0.2) is 0 Å². The van der Waals surface area contributed by atoms with Crippen molar-refractivity contribution in [1.82, 2.24) is 0 Å². The molecule has 6 nitrogen and oxygen atoms in total. The highest BCUT2D eigenvalue weighted by atomic mass is 32.2. The number of aryl methyl sites for hydroxylation is 4. The third kappa shape index (κ3) is 3.71. The summed E-state index contributed by atoms with van der Waals surface area (Å²) in [4.78, 5) is 42.3. The first-order chi connectivity index (χ1) is 16.7. The fourth-order valence-electron chi connectivity index (χ4n) is 5.18. The molecule has 1 saturated heterocycles. The molecule has 1 N–H and O–H groups in total. The maximum absolute atomic E-state index is 14.1. The van der Waals surface area contributed by atoms with Gasteiger partial charge in [-0.25, -0.2) is 0 Å². The van der Waals surface area contributed by atoms with Crippen molar-refractivity contribution in [3.8, 4) is 0 Å². The van der Waals surface area contributed by atoms with Gasteiger partial charge in [0.25, 0.3) is 5.91 Å². The molecule has 1 spiro atoms. The molecule has 2 heterocycles. The van der Waals surface area contributed by atoms with E-state index in [1.54, 1.807) is 4.90 Å². The molecule has 0 aromatic heterocycles. The van der Waals surface area contributed by atoms with Gasteiger partial charge in [-0.2, -0.15) is 0 Å². The van der Waals surface area contributed by atoms with E-state index in [9.17, 15) is 14.4 Å². The van der Waals surface area contributed by atoms with Crippen LogP contribution in [0.25, 0.3) is 0 Å². The van der Waals surface area contributed by atoms with E-state index in [0.29, 0.717) is 11.4 Å². The van der Waals surface area contributed by atoms with Crippen LogP contribution >= 0.6 is 11.8 Å². The minimum Gasteiger partial charge on any atom is -0.324 e. The number of carbonyl (C=O) groups excluding carboxylic acids is 3. The zero-order chi connectivity index (χ0) is 24.9. The van der Waals surface area contributed by atoms with Crippen LogP contribution in [-0.2, 0) is 19.3 Å². The molecular weight excluding hydrogens is 458 g/mol. The first-order valence-corrected chi connectivity index (χ1v) is 12.5. The average molecular weight is 486 g/mol. The Kier molecular flexibility index (Phi) is 5.68. The van der Waals surface area contributed by atoms with Gasteiger partial charge in [-0.1, -0.05) is 48.0 Å². The highest BCUT2D eigenvalue weighted by Gasteiger charge is 2.61. The third-order valence-corrected chi connectivity index (χ3v) is 7.95. The highest BCUT2D eigenvalue weighted by molar-refractivity contribution is 8.02. The second kappa shape index (κ2) is 8.57. The molecule has 35 heavy (non-hydrogen) atoms. The molecule has 3 amide bonds. The van der Waals surface area contributed by atoms with Crippen LogP contribution in [0.1, 0.15) is 27.8 Å². The van der Waals surface area contributed by atoms with Gasteiger partial charge >= 0.3 is 0 Å². The van der Waals surface area contributed by atoms with E-state index >= 15 is 0 Å². The lowest BCUT2D eigenvalue weighted by atomic mass is 10.0. The fourth-order valence-corrected chi connectivity index (χ4v) is 6.54. The lowest BCUT2D eigenvalue weighted by molar-refractivity contribution is -0.124. The number of nitrogens with zero attached hydrogens (tertiary/aromatic N) is 2. The molecule has 0 bridgehead atoms. The van der Waals surface area contributed by atoms with Crippen LogP contribution in [0.5, 0.6) is 0 Å². The Labute approximate surface area is 209 Å². The van der Waals surface area contributed by atoms with Crippen LogP contribution in [0.2, 0.25) is 0 Å². The minimum absolute atomic E-state index is 0.124. The van der Waals surface area contributed by atoms with Gasteiger partial charge < -0.3 is 5.32 Å². The minimum atomic E-state index is -1.22. The molecule has 0 saturated carbocycles. The predicted octanol–water partition coefficient (Wildman–Crippen LogP) is 4.84. The third-order valence-electron chi connectivity index (χ3n) is 6.57. The summed E-state index contributed by atoms with van der Waals surface area (Å²) >= 11 is 1.31. The number of thioether (sulfide) groups is 1. The molecule has 3 aromatic carbocycles. The number of rotatable bonds is 4. The van der Waals surface area contributed by atoms with E-state index in [0.717, 1.165) is 33.5 Å². The van der Waals surface area contributed by atoms with E-state index in [1.807, 2.05) is 88.4 Å². The van der Waals surface area contributed by atoms with E-state index in [2.05, 4.69) is 5.32 Å². The van der Waals surface area contributed by atoms with Crippen molar-refractivity contribution in [2.75, 3.05) is 27.4 Å². The van der Waals surface area contributed by atoms with Gasteiger partial charge in [0.05, 0.1) is 11.4 Å². The Morgan fingerprint density at radius 3 is 2.37 bits per heavy atom. The molecule has 0 aliphatic carbocycles. The van der Waals surface area contributed by atoms with Crippen molar-refractivity contribution in [2.45, 2.75) is 32.6 Å². The standard InChI is InChI=1S/C28H27N3O3S/c1-17-8-7-9-21(14-17)31-25(33)16-35-28(31)22-10-5-6-11-23(22)30(27(28)34)15-24(32)29-26-19(3)12-18(2)13-20(26)4/h5-14H,15-16H2,1-4H3,(H,29,32)/t28-/m1/s1. The monoisotopic (exact) mass is 485 g/mol. The fraction of sp³-hybridized carbons (Fsp3) is 0.250. The van der Waals surface area contributed by atoms with Crippen molar-refractivity contribution in [2.24, 2.45) is 0 Å². The number of hydrogen-bond donors (Lipinski definition) is 1. The topological polar surface area (TPSA) is 69.7 Å². The summed E-state index contributed by atoms with van der Waals surface area (Å²) < 4.78 is 0. The predicted molar refractivity (Wildman–Crippen MR) is 141 cm³/mol. The maximum atomic E-state index is 14.1. The van der Waals surface area contributed by atoms with E-state index in [-0.39, 0.29) is 30.0 Å². The van der Waals surface area contributed by atoms with E-state index in [1.165, 1.54) is 16.7 Å². The Morgan fingerprint density at radius 1 is 0.943 bits per heavy atom.